The van der Waals surface area contributed by atoms with Gasteiger partial charge >= 0.3 is 5.97 Å². The number of amides is 1. The summed E-state index contributed by atoms with van der Waals surface area (Å²) in [5.74, 6) is -0.771. The molecule has 1 aromatic carbocycles. The van der Waals surface area contributed by atoms with Crippen molar-refractivity contribution in [1.82, 2.24) is 0 Å². The monoisotopic (exact) mass is 281 g/mol. The first kappa shape index (κ1) is 16.0. The van der Waals surface area contributed by atoms with Gasteiger partial charge in [-0.3, -0.25) is 4.79 Å². The van der Waals surface area contributed by atoms with Crippen LogP contribution in [-0.2, 0) is 14.3 Å². The highest BCUT2D eigenvalue weighted by Crippen LogP contribution is 2.17. The average molecular weight is 281 g/mol. The molecule has 0 radical (unpaired) electrons. The van der Waals surface area contributed by atoms with Gasteiger partial charge in [0, 0.05) is 25.3 Å². The van der Waals surface area contributed by atoms with Gasteiger partial charge in [-0.2, -0.15) is 0 Å². The molecule has 0 aromatic heterocycles. The molecule has 0 saturated heterocycles. The Morgan fingerprint density at radius 1 is 1.40 bits per heavy atom. The third-order valence-corrected chi connectivity index (χ3v) is 2.66. The van der Waals surface area contributed by atoms with Gasteiger partial charge in [0.15, 0.2) is 6.61 Å². The van der Waals surface area contributed by atoms with Crippen LogP contribution >= 0.6 is 0 Å². The topological polar surface area (TPSA) is 84.9 Å². The smallest absolute Gasteiger partial charge is 0.341 e. The van der Waals surface area contributed by atoms with Crippen LogP contribution in [0.15, 0.2) is 24.3 Å². The standard InChI is InChI=1S/C14H19NO5/c1-10(19-2)6-7-13(16)15-11-4-3-5-12(8-11)20-9-14(17)18/h3-5,8,10H,6-7,9H2,1-2H3,(H,15,16)(H,17,18). The van der Waals surface area contributed by atoms with Crippen molar-refractivity contribution in [2.75, 3.05) is 19.0 Å². The molecule has 1 aromatic rings. The molecule has 0 aliphatic carbocycles. The van der Waals surface area contributed by atoms with E-state index in [0.717, 1.165) is 0 Å². The fourth-order valence-electron chi connectivity index (χ4n) is 1.48. The number of hydrogen-bond donors (Lipinski definition) is 2. The molecule has 0 bridgehead atoms. The van der Waals surface area contributed by atoms with E-state index in [2.05, 4.69) is 5.32 Å². The number of benzene rings is 1. The lowest BCUT2D eigenvalue weighted by Crippen LogP contribution is -2.15. The summed E-state index contributed by atoms with van der Waals surface area (Å²) < 4.78 is 10.1. The molecule has 6 nitrogen and oxygen atoms in total. The Labute approximate surface area is 117 Å². The normalized spacial score (nSPS) is 11.7. The highest BCUT2D eigenvalue weighted by atomic mass is 16.5. The Morgan fingerprint density at radius 2 is 2.15 bits per heavy atom. The number of hydrogen-bond acceptors (Lipinski definition) is 4. The maximum Gasteiger partial charge on any atom is 0.341 e. The van der Waals surface area contributed by atoms with Crippen LogP contribution in [0.5, 0.6) is 5.75 Å². The maximum atomic E-state index is 11.7. The molecular weight excluding hydrogens is 262 g/mol. The van der Waals surface area contributed by atoms with Gasteiger partial charge in [-0.1, -0.05) is 6.07 Å². The van der Waals surface area contributed by atoms with Crippen LogP contribution in [0, 0.1) is 0 Å². The Morgan fingerprint density at radius 3 is 2.80 bits per heavy atom. The van der Waals surface area contributed by atoms with Crippen LogP contribution in [-0.4, -0.2) is 36.8 Å². The van der Waals surface area contributed by atoms with Gasteiger partial charge in [0.25, 0.3) is 0 Å². The number of methoxy groups -OCH3 is 1. The number of carbonyl (C=O) groups is 2. The molecule has 1 atom stereocenters. The van der Waals surface area contributed by atoms with E-state index in [1.807, 2.05) is 6.92 Å². The van der Waals surface area contributed by atoms with E-state index in [9.17, 15) is 9.59 Å². The first-order valence-electron chi connectivity index (χ1n) is 6.28. The van der Waals surface area contributed by atoms with Crippen LogP contribution < -0.4 is 10.1 Å². The molecule has 0 fully saturated rings. The van der Waals surface area contributed by atoms with Crippen molar-refractivity contribution in [2.45, 2.75) is 25.9 Å². The van der Waals surface area contributed by atoms with Crippen molar-refractivity contribution in [3.05, 3.63) is 24.3 Å². The summed E-state index contributed by atoms with van der Waals surface area (Å²) in [4.78, 5) is 22.1. The van der Waals surface area contributed by atoms with Gasteiger partial charge in [-0.15, -0.1) is 0 Å². The molecule has 0 saturated carbocycles. The van der Waals surface area contributed by atoms with Crippen molar-refractivity contribution in [3.63, 3.8) is 0 Å². The summed E-state index contributed by atoms with van der Waals surface area (Å²) in [7, 11) is 1.60. The maximum absolute atomic E-state index is 11.7. The van der Waals surface area contributed by atoms with E-state index < -0.39 is 12.6 Å². The van der Waals surface area contributed by atoms with Crippen LogP contribution in [0.25, 0.3) is 0 Å². The van der Waals surface area contributed by atoms with Gasteiger partial charge in [-0.05, 0) is 25.5 Å². The highest BCUT2D eigenvalue weighted by molar-refractivity contribution is 5.90. The molecule has 0 spiro atoms. The summed E-state index contributed by atoms with van der Waals surface area (Å²) in [5, 5.41) is 11.3. The van der Waals surface area contributed by atoms with Crippen molar-refractivity contribution < 1.29 is 24.2 Å². The number of rotatable bonds is 8. The van der Waals surface area contributed by atoms with E-state index >= 15 is 0 Å². The first-order valence-corrected chi connectivity index (χ1v) is 6.28. The minimum absolute atomic E-state index is 0.0333. The average Bonchev–Trinajstić information content (AvgIpc) is 2.43. The second-order valence-electron chi connectivity index (χ2n) is 4.34. The number of aliphatic carboxylic acids is 1. The zero-order valence-corrected chi connectivity index (χ0v) is 11.6. The van der Waals surface area contributed by atoms with E-state index in [1.165, 1.54) is 0 Å². The lowest BCUT2D eigenvalue weighted by atomic mass is 10.2. The summed E-state index contributed by atoms with van der Waals surface area (Å²) >= 11 is 0. The Hall–Kier alpha value is -2.08. The molecule has 1 rings (SSSR count). The third kappa shape index (κ3) is 6.19. The molecule has 1 amide bonds. The number of anilines is 1. The molecule has 0 aliphatic rings. The molecule has 0 heterocycles. The lowest BCUT2D eigenvalue weighted by molar-refractivity contribution is -0.139. The molecule has 1 unspecified atom stereocenters. The van der Waals surface area contributed by atoms with Crippen molar-refractivity contribution in [2.24, 2.45) is 0 Å². The minimum atomic E-state index is -1.05. The van der Waals surface area contributed by atoms with E-state index in [1.54, 1.807) is 31.4 Å². The molecule has 6 heteroatoms. The summed E-state index contributed by atoms with van der Waals surface area (Å²) in [6.07, 6.45) is 1.03. The number of carboxylic acids is 1. The second-order valence-corrected chi connectivity index (χ2v) is 4.34. The van der Waals surface area contributed by atoms with Crippen LogP contribution in [0.1, 0.15) is 19.8 Å². The zero-order valence-electron chi connectivity index (χ0n) is 11.6. The van der Waals surface area contributed by atoms with Gasteiger partial charge in [0.2, 0.25) is 5.91 Å². The summed E-state index contributed by atoms with van der Waals surface area (Å²) in [6, 6.07) is 6.61. The Balaban J connectivity index is 2.48. The first-order chi connectivity index (χ1) is 9.51. The van der Waals surface area contributed by atoms with Gasteiger partial charge in [-0.25, -0.2) is 4.79 Å². The molecule has 20 heavy (non-hydrogen) atoms. The number of carboxylic acid groups (broad SMARTS) is 1. The Bertz CT molecular complexity index is 461. The van der Waals surface area contributed by atoms with Crippen LogP contribution in [0.4, 0.5) is 5.69 Å². The zero-order chi connectivity index (χ0) is 15.0. The quantitative estimate of drug-likeness (QED) is 0.760. The van der Waals surface area contributed by atoms with Crippen LogP contribution in [0.2, 0.25) is 0 Å². The summed E-state index contributed by atoms with van der Waals surface area (Å²) in [5.41, 5.74) is 0.572. The predicted molar refractivity (Wildman–Crippen MR) is 73.9 cm³/mol. The summed E-state index contributed by atoms with van der Waals surface area (Å²) in [6.45, 7) is 1.48. The van der Waals surface area contributed by atoms with Crippen molar-refractivity contribution >= 4 is 17.6 Å². The highest BCUT2D eigenvalue weighted by Gasteiger charge is 2.07. The SMILES string of the molecule is COC(C)CCC(=O)Nc1cccc(OCC(=O)O)c1. The molecule has 110 valence electrons. The number of carbonyl (C=O) groups excluding carboxylic acids is 1. The minimum Gasteiger partial charge on any atom is -0.482 e. The number of nitrogens with one attached hydrogen (secondary N) is 1. The van der Waals surface area contributed by atoms with Crippen LogP contribution in [0.3, 0.4) is 0 Å². The van der Waals surface area contributed by atoms with Crippen molar-refractivity contribution in [1.29, 1.82) is 0 Å². The Kier molecular flexibility index (Phi) is 6.52. The fourth-order valence-corrected chi connectivity index (χ4v) is 1.48. The predicted octanol–water partition coefficient (Wildman–Crippen LogP) is 1.90. The molecule has 0 aliphatic heterocycles. The largest absolute Gasteiger partial charge is 0.482 e. The molecular formula is C14H19NO5. The fraction of sp³-hybridized carbons (Fsp3) is 0.429. The molecule has 2 N–H and O–H groups in total. The third-order valence-electron chi connectivity index (χ3n) is 2.66. The van der Waals surface area contributed by atoms with Crippen molar-refractivity contribution in [3.8, 4) is 5.75 Å². The lowest BCUT2D eigenvalue weighted by Gasteiger charge is -2.10. The van der Waals surface area contributed by atoms with E-state index in [0.29, 0.717) is 24.3 Å². The van der Waals surface area contributed by atoms with E-state index in [-0.39, 0.29) is 12.0 Å². The second kappa shape index (κ2) is 8.16. The van der Waals surface area contributed by atoms with Gasteiger partial charge in [0.1, 0.15) is 5.75 Å². The van der Waals surface area contributed by atoms with E-state index in [4.69, 9.17) is 14.6 Å². The van der Waals surface area contributed by atoms with Gasteiger partial charge < -0.3 is 19.9 Å². The number of ether oxygens (including phenoxy) is 2. The van der Waals surface area contributed by atoms with Gasteiger partial charge in [0.05, 0.1) is 6.10 Å².